The van der Waals surface area contributed by atoms with Crippen LogP contribution in [0.15, 0.2) is 48.5 Å². The monoisotopic (exact) mass is 350 g/mol. The summed E-state index contributed by atoms with van der Waals surface area (Å²) in [5, 5.41) is 3.96. The molecule has 6 heteroatoms. The van der Waals surface area contributed by atoms with Crippen LogP contribution in [0.3, 0.4) is 0 Å². The Morgan fingerprint density at radius 1 is 0.957 bits per heavy atom. The van der Waals surface area contributed by atoms with Crippen LogP contribution in [0.25, 0.3) is 0 Å². The average molecular weight is 351 g/mol. The van der Waals surface area contributed by atoms with Crippen molar-refractivity contribution < 1.29 is 9.59 Å². The summed E-state index contributed by atoms with van der Waals surface area (Å²) in [4.78, 5) is 25.3. The first-order valence-electron chi connectivity index (χ1n) is 6.99. The van der Waals surface area contributed by atoms with Crippen LogP contribution in [0, 0.1) is 0 Å². The summed E-state index contributed by atoms with van der Waals surface area (Å²) in [6.45, 7) is 1.76. The number of amides is 2. The van der Waals surface area contributed by atoms with Crippen molar-refractivity contribution in [2.45, 2.75) is 13.5 Å². The summed E-state index contributed by atoms with van der Waals surface area (Å²) >= 11 is 11.6. The van der Waals surface area contributed by atoms with Crippen LogP contribution >= 0.6 is 23.2 Å². The van der Waals surface area contributed by atoms with Gasteiger partial charge in [-0.3, -0.25) is 9.59 Å². The molecule has 23 heavy (non-hydrogen) atoms. The van der Waals surface area contributed by atoms with Crippen molar-refractivity contribution >= 4 is 40.7 Å². The zero-order valence-corrected chi connectivity index (χ0v) is 14.1. The molecular weight excluding hydrogens is 335 g/mol. The van der Waals surface area contributed by atoms with Gasteiger partial charge < -0.3 is 10.2 Å². The number of halogens is 2. The average Bonchev–Trinajstić information content (AvgIpc) is 2.51. The smallest absolute Gasteiger partial charge is 0.244 e. The van der Waals surface area contributed by atoms with E-state index in [9.17, 15) is 9.59 Å². The Kier molecular flexibility index (Phi) is 6.02. The molecule has 0 aromatic heterocycles. The zero-order valence-electron chi connectivity index (χ0n) is 12.6. The minimum Gasteiger partial charge on any atom is -0.329 e. The Morgan fingerprint density at radius 2 is 1.48 bits per heavy atom. The topological polar surface area (TPSA) is 49.4 Å². The van der Waals surface area contributed by atoms with Gasteiger partial charge in [0.15, 0.2) is 0 Å². The van der Waals surface area contributed by atoms with Gasteiger partial charge in [-0.15, -0.1) is 0 Å². The minimum absolute atomic E-state index is 0.0272. The van der Waals surface area contributed by atoms with Gasteiger partial charge >= 0.3 is 0 Å². The molecule has 0 aliphatic heterocycles. The molecule has 120 valence electrons. The molecule has 0 unspecified atom stereocenters. The molecule has 1 N–H and O–H groups in total. The molecule has 0 fully saturated rings. The van der Waals surface area contributed by atoms with Gasteiger partial charge in [0.1, 0.15) is 6.54 Å². The van der Waals surface area contributed by atoms with Crippen molar-refractivity contribution in [3.63, 3.8) is 0 Å². The molecule has 0 heterocycles. The highest BCUT2D eigenvalue weighted by Crippen LogP contribution is 2.14. The molecule has 2 rings (SSSR count). The van der Waals surface area contributed by atoms with Gasteiger partial charge in [0.25, 0.3) is 0 Å². The first-order chi connectivity index (χ1) is 10.9. The minimum atomic E-state index is -0.267. The number of rotatable bonds is 5. The molecule has 2 aromatic rings. The lowest BCUT2D eigenvalue weighted by Crippen LogP contribution is -2.36. The van der Waals surface area contributed by atoms with E-state index in [1.807, 2.05) is 12.1 Å². The standard InChI is InChI=1S/C17H16Cl2N2O2/c1-12(22)21(10-13-2-4-14(18)5-3-13)11-17(23)20-16-8-6-15(19)7-9-16/h2-9H,10-11H2,1H3,(H,20,23). The van der Waals surface area contributed by atoms with Crippen LogP contribution in [0.1, 0.15) is 12.5 Å². The van der Waals surface area contributed by atoms with Crippen LogP contribution in [0.2, 0.25) is 10.0 Å². The third-order valence-corrected chi connectivity index (χ3v) is 3.70. The van der Waals surface area contributed by atoms with E-state index in [0.29, 0.717) is 22.3 Å². The molecule has 4 nitrogen and oxygen atoms in total. The van der Waals surface area contributed by atoms with E-state index >= 15 is 0 Å². The van der Waals surface area contributed by atoms with Crippen LogP contribution in [0.5, 0.6) is 0 Å². The van der Waals surface area contributed by atoms with Gasteiger partial charge in [-0.05, 0) is 42.0 Å². The van der Waals surface area contributed by atoms with E-state index in [0.717, 1.165) is 5.56 Å². The van der Waals surface area contributed by atoms with Crippen LogP contribution < -0.4 is 5.32 Å². The van der Waals surface area contributed by atoms with Crippen LogP contribution in [-0.4, -0.2) is 23.3 Å². The number of nitrogens with zero attached hydrogens (tertiary/aromatic N) is 1. The number of carbonyl (C=O) groups is 2. The molecule has 0 saturated heterocycles. The van der Waals surface area contributed by atoms with Crippen molar-refractivity contribution in [1.82, 2.24) is 4.90 Å². The molecule has 2 amide bonds. The normalized spacial score (nSPS) is 10.2. The van der Waals surface area contributed by atoms with Gasteiger partial charge in [-0.2, -0.15) is 0 Å². The van der Waals surface area contributed by atoms with Crippen LogP contribution in [-0.2, 0) is 16.1 Å². The Morgan fingerprint density at radius 3 is 2.00 bits per heavy atom. The first-order valence-corrected chi connectivity index (χ1v) is 7.75. The quantitative estimate of drug-likeness (QED) is 0.886. The van der Waals surface area contributed by atoms with Gasteiger partial charge in [-0.25, -0.2) is 0 Å². The molecular formula is C17H16Cl2N2O2. The maximum atomic E-state index is 12.1. The molecule has 0 saturated carbocycles. The van der Waals surface area contributed by atoms with Gasteiger partial charge in [0.05, 0.1) is 0 Å². The van der Waals surface area contributed by atoms with E-state index in [2.05, 4.69) is 5.32 Å². The van der Waals surface area contributed by atoms with Gasteiger partial charge in [-0.1, -0.05) is 35.3 Å². The Labute approximate surface area is 145 Å². The fraction of sp³-hybridized carbons (Fsp3) is 0.176. The van der Waals surface area contributed by atoms with E-state index < -0.39 is 0 Å². The molecule has 0 radical (unpaired) electrons. The summed E-state index contributed by atoms with van der Waals surface area (Å²) in [6.07, 6.45) is 0. The predicted molar refractivity (Wildman–Crippen MR) is 92.6 cm³/mol. The lowest BCUT2D eigenvalue weighted by Gasteiger charge is -2.20. The summed E-state index contributed by atoms with van der Waals surface area (Å²) in [5.74, 6) is -0.442. The molecule has 0 bridgehead atoms. The maximum Gasteiger partial charge on any atom is 0.244 e. The van der Waals surface area contributed by atoms with E-state index in [1.54, 1.807) is 36.4 Å². The van der Waals surface area contributed by atoms with Gasteiger partial charge in [0.2, 0.25) is 11.8 Å². The highest BCUT2D eigenvalue weighted by atomic mass is 35.5. The second kappa shape index (κ2) is 7.99. The number of hydrogen-bond donors (Lipinski definition) is 1. The fourth-order valence-corrected chi connectivity index (χ4v) is 2.25. The number of hydrogen-bond acceptors (Lipinski definition) is 2. The number of benzene rings is 2. The van der Waals surface area contributed by atoms with Crippen molar-refractivity contribution in [3.05, 3.63) is 64.1 Å². The third kappa shape index (κ3) is 5.58. The van der Waals surface area contributed by atoms with Crippen molar-refractivity contribution in [2.75, 3.05) is 11.9 Å². The second-order valence-corrected chi connectivity index (χ2v) is 5.93. The molecule has 0 aliphatic rings. The SMILES string of the molecule is CC(=O)N(CC(=O)Nc1ccc(Cl)cc1)Cc1ccc(Cl)cc1. The van der Waals surface area contributed by atoms with Crippen molar-refractivity contribution in [2.24, 2.45) is 0 Å². The molecule has 2 aromatic carbocycles. The third-order valence-electron chi connectivity index (χ3n) is 3.19. The second-order valence-electron chi connectivity index (χ2n) is 5.06. The number of carbonyl (C=O) groups excluding carboxylic acids is 2. The fourth-order valence-electron chi connectivity index (χ4n) is 2.00. The first kappa shape index (κ1) is 17.3. The summed E-state index contributed by atoms with van der Waals surface area (Å²) in [5.41, 5.74) is 1.54. The number of nitrogens with one attached hydrogen (secondary N) is 1. The van der Waals surface area contributed by atoms with Crippen molar-refractivity contribution in [3.8, 4) is 0 Å². The van der Waals surface area contributed by atoms with Crippen molar-refractivity contribution in [1.29, 1.82) is 0 Å². The Bertz CT molecular complexity index is 685. The van der Waals surface area contributed by atoms with E-state index in [-0.39, 0.29) is 18.4 Å². The van der Waals surface area contributed by atoms with E-state index in [1.165, 1.54) is 11.8 Å². The summed E-state index contributed by atoms with van der Waals surface area (Å²) < 4.78 is 0. The summed E-state index contributed by atoms with van der Waals surface area (Å²) in [6, 6.07) is 14.0. The predicted octanol–water partition coefficient (Wildman–Crippen LogP) is 3.98. The maximum absolute atomic E-state index is 12.1. The lowest BCUT2D eigenvalue weighted by molar-refractivity contribution is -0.133. The Hall–Kier alpha value is -2.04. The molecule has 0 atom stereocenters. The van der Waals surface area contributed by atoms with E-state index in [4.69, 9.17) is 23.2 Å². The van der Waals surface area contributed by atoms with Gasteiger partial charge in [0, 0.05) is 29.2 Å². The lowest BCUT2D eigenvalue weighted by atomic mass is 10.2. The summed E-state index contributed by atoms with van der Waals surface area (Å²) in [7, 11) is 0. The zero-order chi connectivity index (χ0) is 16.8. The molecule has 0 aliphatic carbocycles. The Balaban J connectivity index is 1.98. The van der Waals surface area contributed by atoms with Crippen LogP contribution in [0.4, 0.5) is 5.69 Å². The highest BCUT2D eigenvalue weighted by molar-refractivity contribution is 6.30. The molecule has 0 spiro atoms. The highest BCUT2D eigenvalue weighted by Gasteiger charge is 2.14. The largest absolute Gasteiger partial charge is 0.329 e. The number of anilines is 1.